The highest BCUT2D eigenvalue weighted by Gasteiger charge is 2.22. The lowest BCUT2D eigenvalue weighted by Gasteiger charge is -2.33. The zero-order valence-corrected chi connectivity index (χ0v) is 12.2. The average molecular weight is 279 g/mol. The number of hydrogen-bond donors (Lipinski definition) is 0. The van der Waals surface area contributed by atoms with E-state index in [1.807, 2.05) is 16.7 Å². The zero-order chi connectivity index (χ0) is 11.4. The first-order valence-electron chi connectivity index (χ1n) is 6.33. The molecule has 0 N–H and O–H groups in total. The Balaban J connectivity index is 0.00000144. The third-order valence-electron chi connectivity index (χ3n) is 3.60. The van der Waals surface area contributed by atoms with Crippen LogP contribution in [0.3, 0.4) is 0 Å². The summed E-state index contributed by atoms with van der Waals surface area (Å²) in [4.78, 5) is 16.4. The molecule has 0 aromatic rings. The van der Waals surface area contributed by atoms with E-state index in [-0.39, 0.29) is 12.4 Å². The number of piperidine rings is 1. The van der Waals surface area contributed by atoms with Gasteiger partial charge in [0.1, 0.15) is 0 Å². The molecular formula is C12H23ClN2OS. The SMILES string of the molecule is CC1CCN(CC(=O)N2CCSCC2)CC1.Cl. The van der Waals surface area contributed by atoms with Gasteiger partial charge in [-0.1, -0.05) is 6.92 Å². The number of hydrogen-bond acceptors (Lipinski definition) is 3. The molecule has 0 aliphatic carbocycles. The lowest BCUT2D eigenvalue weighted by molar-refractivity contribution is -0.132. The number of carbonyl (C=O) groups is 1. The van der Waals surface area contributed by atoms with Gasteiger partial charge in [-0.2, -0.15) is 11.8 Å². The molecule has 2 rings (SSSR count). The second kappa shape index (κ2) is 7.49. The molecule has 0 aromatic heterocycles. The predicted octanol–water partition coefficient (Wildman–Crippen LogP) is 1.72. The maximum absolute atomic E-state index is 12.0. The number of likely N-dealkylation sites (tertiary alicyclic amines) is 1. The van der Waals surface area contributed by atoms with E-state index in [1.54, 1.807) is 0 Å². The molecule has 0 aromatic carbocycles. The van der Waals surface area contributed by atoms with Crippen LogP contribution in [-0.4, -0.2) is 59.9 Å². The Labute approximate surface area is 115 Å². The fourth-order valence-electron chi connectivity index (χ4n) is 2.32. The first kappa shape index (κ1) is 15.1. The van der Waals surface area contributed by atoms with Crippen molar-refractivity contribution in [2.75, 3.05) is 44.2 Å². The Morgan fingerprint density at radius 3 is 2.35 bits per heavy atom. The summed E-state index contributed by atoms with van der Waals surface area (Å²) in [5.74, 6) is 3.42. The van der Waals surface area contributed by atoms with Crippen LogP contribution in [-0.2, 0) is 4.79 Å². The molecular weight excluding hydrogens is 256 g/mol. The summed E-state index contributed by atoms with van der Waals surface area (Å²) >= 11 is 1.95. The van der Waals surface area contributed by atoms with Crippen molar-refractivity contribution in [3.8, 4) is 0 Å². The van der Waals surface area contributed by atoms with Crippen molar-refractivity contribution in [2.45, 2.75) is 19.8 Å². The standard InChI is InChI=1S/C12H22N2OS.ClH/c1-11-2-4-13(5-3-11)10-12(15)14-6-8-16-9-7-14;/h11H,2-10H2,1H3;1H. The maximum Gasteiger partial charge on any atom is 0.236 e. The van der Waals surface area contributed by atoms with Crippen molar-refractivity contribution < 1.29 is 4.79 Å². The van der Waals surface area contributed by atoms with Crippen LogP contribution in [0.25, 0.3) is 0 Å². The minimum absolute atomic E-state index is 0. The number of rotatable bonds is 2. The Morgan fingerprint density at radius 2 is 1.76 bits per heavy atom. The van der Waals surface area contributed by atoms with Crippen LogP contribution < -0.4 is 0 Å². The fourth-order valence-corrected chi connectivity index (χ4v) is 3.23. The van der Waals surface area contributed by atoms with Gasteiger partial charge in [-0.25, -0.2) is 0 Å². The molecule has 2 aliphatic rings. The van der Waals surface area contributed by atoms with E-state index >= 15 is 0 Å². The van der Waals surface area contributed by atoms with Crippen molar-refractivity contribution in [1.82, 2.24) is 9.80 Å². The molecule has 0 atom stereocenters. The normalized spacial score (nSPS) is 23.2. The largest absolute Gasteiger partial charge is 0.340 e. The van der Waals surface area contributed by atoms with E-state index in [4.69, 9.17) is 0 Å². The van der Waals surface area contributed by atoms with E-state index in [9.17, 15) is 4.79 Å². The third kappa shape index (κ3) is 4.68. The monoisotopic (exact) mass is 278 g/mol. The molecule has 0 unspecified atom stereocenters. The zero-order valence-electron chi connectivity index (χ0n) is 10.6. The van der Waals surface area contributed by atoms with Crippen molar-refractivity contribution in [3.63, 3.8) is 0 Å². The predicted molar refractivity (Wildman–Crippen MR) is 76.0 cm³/mol. The van der Waals surface area contributed by atoms with Crippen LogP contribution in [0.4, 0.5) is 0 Å². The van der Waals surface area contributed by atoms with Gasteiger partial charge in [0.15, 0.2) is 0 Å². The van der Waals surface area contributed by atoms with Gasteiger partial charge in [0.05, 0.1) is 6.54 Å². The summed E-state index contributed by atoms with van der Waals surface area (Å²) in [7, 11) is 0. The fraction of sp³-hybridized carbons (Fsp3) is 0.917. The van der Waals surface area contributed by atoms with Gasteiger partial charge in [-0.15, -0.1) is 12.4 Å². The molecule has 0 bridgehead atoms. The smallest absolute Gasteiger partial charge is 0.236 e. The summed E-state index contributed by atoms with van der Waals surface area (Å²) in [6.07, 6.45) is 2.51. The number of amides is 1. The Bertz CT molecular complexity index is 239. The molecule has 2 aliphatic heterocycles. The number of thioether (sulfide) groups is 1. The number of halogens is 1. The highest BCUT2D eigenvalue weighted by atomic mass is 35.5. The molecule has 2 fully saturated rings. The lowest BCUT2D eigenvalue weighted by atomic mass is 9.99. The average Bonchev–Trinajstić information content (AvgIpc) is 2.33. The van der Waals surface area contributed by atoms with Crippen LogP contribution in [0.5, 0.6) is 0 Å². The second-order valence-corrected chi connectivity index (χ2v) is 6.18. The first-order chi connectivity index (χ1) is 7.75. The molecule has 17 heavy (non-hydrogen) atoms. The van der Waals surface area contributed by atoms with Crippen molar-refractivity contribution >= 4 is 30.1 Å². The van der Waals surface area contributed by atoms with E-state index in [2.05, 4.69) is 11.8 Å². The first-order valence-corrected chi connectivity index (χ1v) is 7.49. The summed E-state index contributed by atoms with van der Waals surface area (Å²) in [5.41, 5.74) is 0. The third-order valence-corrected chi connectivity index (χ3v) is 4.54. The Hall–Kier alpha value is 0.0700. The number of nitrogens with zero attached hydrogens (tertiary/aromatic N) is 2. The van der Waals surface area contributed by atoms with Gasteiger partial charge in [-0.3, -0.25) is 9.69 Å². The quantitative estimate of drug-likeness (QED) is 0.768. The molecule has 0 saturated carbocycles. The van der Waals surface area contributed by atoms with E-state index in [0.717, 1.165) is 43.6 Å². The van der Waals surface area contributed by atoms with Crippen molar-refractivity contribution in [1.29, 1.82) is 0 Å². The van der Waals surface area contributed by atoms with Gasteiger partial charge in [0, 0.05) is 24.6 Å². The van der Waals surface area contributed by atoms with Crippen molar-refractivity contribution in [3.05, 3.63) is 0 Å². The van der Waals surface area contributed by atoms with Gasteiger partial charge in [0.2, 0.25) is 5.91 Å². The molecule has 3 nitrogen and oxygen atoms in total. The van der Waals surface area contributed by atoms with Crippen LogP contribution in [0.2, 0.25) is 0 Å². The van der Waals surface area contributed by atoms with E-state index < -0.39 is 0 Å². The summed E-state index contributed by atoms with van der Waals surface area (Å²) in [6.45, 7) is 7.07. The summed E-state index contributed by atoms with van der Waals surface area (Å²) in [6, 6.07) is 0. The summed E-state index contributed by atoms with van der Waals surface area (Å²) < 4.78 is 0. The lowest BCUT2D eigenvalue weighted by Crippen LogP contribution is -2.45. The molecule has 0 radical (unpaired) electrons. The van der Waals surface area contributed by atoms with E-state index in [1.165, 1.54) is 12.8 Å². The molecule has 1 amide bonds. The highest BCUT2D eigenvalue weighted by Crippen LogP contribution is 2.16. The second-order valence-electron chi connectivity index (χ2n) is 4.95. The topological polar surface area (TPSA) is 23.6 Å². The minimum Gasteiger partial charge on any atom is -0.340 e. The molecule has 2 heterocycles. The van der Waals surface area contributed by atoms with E-state index in [0.29, 0.717) is 12.5 Å². The van der Waals surface area contributed by atoms with Crippen molar-refractivity contribution in [2.24, 2.45) is 5.92 Å². The van der Waals surface area contributed by atoms with Crippen LogP contribution in [0.15, 0.2) is 0 Å². The van der Waals surface area contributed by atoms with Crippen LogP contribution in [0.1, 0.15) is 19.8 Å². The Kier molecular flexibility index (Phi) is 6.67. The van der Waals surface area contributed by atoms with Gasteiger partial charge < -0.3 is 4.90 Å². The van der Waals surface area contributed by atoms with Gasteiger partial charge >= 0.3 is 0 Å². The molecule has 100 valence electrons. The minimum atomic E-state index is 0. The van der Waals surface area contributed by atoms with Crippen LogP contribution in [0, 0.1) is 5.92 Å². The van der Waals surface area contributed by atoms with Gasteiger partial charge in [-0.05, 0) is 31.8 Å². The number of carbonyl (C=O) groups excluding carboxylic acids is 1. The van der Waals surface area contributed by atoms with Crippen LogP contribution >= 0.6 is 24.2 Å². The molecule has 2 saturated heterocycles. The Morgan fingerprint density at radius 1 is 1.18 bits per heavy atom. The summed E-state index contributed by atoms with van der Waals surface area (Å²) in [5, 5.41) is 0. The maximum atomic E-state index is 12.0. The molecule has 5 heteroatoms. The molecule has 0 spiro atoms. The highest BCUT2D eigenvalue weighted by molar-refractivity contribution is 7.99. The van der Waals surface area contributed by atoms with Gasteiger partial charge in [0.25, 0.3) is 0 Å².